The molecule has 94 valence electrons. The van der Waals surface area contributed by atoms with Crippen LogP contribution in [0.25, 0.3) is 0 Å². The minimum absolute atomic E-state index is 0.113. The van der Waals surface area contributed by atoms with Gasteiger partial charge in [0.1, 0.15) is 5.82 Å². The second-order valence-electron chi connectivity index (χ2n) is 4.95. The highest BCUT2D eigenvalue weighted by atomic mass is 19.1. The van der Waals surface area contributed by atoms with Gasteiger partial charge in [-0.15, -0.1) is 0 Å². The van der Waals surface area contributed by atoms with E-state index in [1.165, 1.54) is 6.42 Å². The number of benzene rings is 1. The number of hydrogen-bond acceptors (Lipinski definition) is 2. The Bertz CT molecular complexity index is 392. The van der Waals surface area contributed by atoms with Crippen LogP contribution in [-0.2, 0) is 0 Å². The van der Waals surface area contributed by atoms with Gasteiger partial charge in [-0.3, -0.25) is 4.90 Å². The molecule has 0 radical (unpaired) electrons. The number of hydrogen-bond donors (Lipinski definition) is 1. The SMILES string of the molecule is Cc1ccc(C(C)N2CCCC2CN)cc1F. The quantitative estimate of drug-likeness (QED) is 0.874. The van der Waals surface area contributed by atoms with Crippen molar-refractivity contribution in [2.24, 2.45) is 5.73 Å². The molecule has 1 aliphatic rings. The highest BCUT2D eigenvalue weighted by Crippen LogP contribution is 2.29. The summed E-state index contributed by atoms with van der Waals surface area (Å²) in [5.74, 6) is -0.113. The van der Waals surface area contributed by atoms with Crippen LogP contribution in [0.2, 0.25) is 0 Å². The standard InChI is InChI=1S/C14H21FN2/c1-10-5-6-12(8-14(10)15)11(2)17-7-3-4-13(17)9-16/h5-6,8,11,13H,3-4,7,9,16H2,1-2H3. The molecule has 3 heteroatoms. The zero-order valence-electron chi connectivity index (χ0n) is 10.6. The molecule has 0 amide bonds. The van der Waals surface area contributed by atoms with Gasteiger partial charge in [0.2, 0.25) is 0 Å². The third-order valence-corrected chi connectivity index (χ3v) is 3.87. The van der Waals surface area contributed by atoms with Crippen LogP contribution in [0.3, 0.4) is 0 Å². The first-order valence-electron chi connectivity index (χ1n) is 6.35. The van der Waals surface area contributed by atoms with E-state index in [-0.39, 0.29) is 11.9 Å². The van der Waals surface area contributed by atoms with Gasteiger partial charge in [-0.2, -0.15) is 0 Å². The van der Waals surface area contributed by atoms with Gasteiger partial charge in [0.15, 0.2) is 0 Å². The van der Waals surface area contributed by atoms with Crippen molar-refractivity contribution in [3.63, 3.8) is 0 Å². The minimum atomic E-state index is -0.113. The molecule has 2 unspecified atom stereocenters. The fourth-order valence-electron chi connectivity index (χ4n) is 2.68. The molecule has 1 aliphatic heterocycles. The lowest BCUT2D eigenvalue weighted by Gasteiger charge is -2.30. The van der Waals surface area contributed by atoms with Crippen LogP contribution >= 0.6 is 0 Å². The number of likely N-dealkylation sites (tertiary alicyclic amines) is 1. The van der Waals surface area contributed by atoms with Crippen LogP contribution < -0.4 is 5.73 Å². The van der Waals surface area contributed by atoms with E-state index in [2.05, 4.69) is 11.8 Å². The lowest BCUT2D eigenvalue weighted by molar-refractivity contribution is 0.196. The number of aryl methyl sites for hydroxylation is 1. The second-order valence-corrected chi connectivity index (χ2v) is 4.95. The minimum Gasteiger partial charge on any atom is -0.329 e. The highest BCUT2D eigenvalue weighted by Gasteiger charge is 2.28. The van der Waals surface area contributed by atoms with E-state index >= 15 is 0 Å². The fraction of sp³-hybridized carbons (Fsp3) is 0.571. The van der Waals surface area contributed by atoms with Crippen molar-refractivity contribution in [2.75, 3.05) is 13.1 Å². The molecule has 2 atom stereocenters. The average Bonchev–Trinajstić information content (AvgIpc) is 2.80. The maximum Gasteiger partial charge on any atom is 0.126 e. The smallest absolute Gasteiger partial charge is 0.126 e. The molecule has 1 aromatic rings. The molecular weight excluding hydrogens is 215 g/mol. The maximum absolute atomic E-state index is 13.6. The largest absolute Gasteiger partial charge is 0.329 e. The predicted molar refractivity (Wildman–Crippen MR) is 68.3 cm³/mol. The zero-order chi connectivity index (χ0) is 12.4. The van der Waals surface area contributed by atoms with Crippen LogP contribution in [0.4, 0.5) is 4.39 Å². The molecule has 2 N–H and O–H groups in total. The summed E-state index contributed by atoms with van der Waals surface area (Å²) in [4.78, 5) is 2.39. The molecule has 1 fully saturated rings. The Hall–Kier alpha value is -0.930. The lowest BCUT2D eigenvalue weighted by atomic mass is 10.0. The molecule has 1 saturated heterocycles. The van der Waals surface area contributed by atoms with Crippen LogP contribution in [0.1, 0.15) is 36.9 Å². The lowest BCUT2D eigenvalue weighted by Crippen LogP contribution is -2.37. The normalized spacial score (nSPS) is 22.9. The zero-order valence-corrected chi connectivity index (χ0v) is 10.6. The van der Waals surface area contributed by atoms with E-state index in [9.17, 15) is 4.39 Å². The molecule has 2 rings (SSSR count). The first-order valence-corrected chi connectivity index (χ1v) is 6.35. The summed E-state index contributed by atoms with van der Waals surface area (Å²) in [6.45, 7) is 5.69. The van der Waals surface area contributed by atoms with E-state index in [1.54, 1.807) is 13.0 Å². The van der Waals surface area contributed by atoms with E-state index in [1.807, 2.05) is 12.1 Å². The highest BCUT2D eigenvalue weighted by molar-refractivity contribution is 5.25. The Labute approximate surface area is 103 Å². The Kier molecular flexibility index (Phi) is 3.79. The van der Waals surface area contributed by atoms with Crippen molar-refractivity contribution >= 4 is 0 Å². The Morgan fingerprint density at radius 1 is 1.53 bits per heavy atom. The van der Waals surface area contributed by atoms with E-state index in [0.29, 0.717) is 18.2 Å². The summed E-state index contributed by atoms with van der Waals surface area (Å²) in [6, 6.07) is 6.24. The Balaban J connectivity index is 2.18. The molecule has 1 heterocycles. The van der Waals surface area contributed by atoms with Crippen molar-refractivity contribution in [3.8, 4) is 0 Å². The van der Waals surface area contributed by atoms with E-state index in [0.717, 1.165) is 18.5 Å². The van der Waals surface area contributed by atoms with Crippen molar-refractivity contribution in [1.82, 2.24) is 4.90 Å². The van der Waals surface area contributed by atoms with E-state index in [4.69, 9.17) is 5.73 Å². The van der Waals surface area contributed by atoms with Crippen molar-refractivity contribution in [3.05, 3.63) is 35.1 Å². The molecular formula is C14H21FN2. The van der Waals surface area contributed by atoms with E-state index < -0.39 is 0 Å². The number of nitrogens with zero attached hydrogens (tertiary/aromatic N) is 1. The molecule has 0 aliphatic carbocycles. The summed E-state index contributed by atoms with van der Waals surface area (Å²) in [7, 11) is 0. The van der Waals surface area contributed by atoms with Gasteiger partial charge < -0.3 is 5.73 Å². The summed E-state index contributed by atoms with van der Waals surface area (Å²) < 4.78 is 13.6. The first kappa shape index (κ1) is 12.5. The topological polar surface area (TPSA) is 29.3 Å². The maximum atomic E-state index is 13.6. The number of nitrogens with two attached hydrogens (primary N) is 1. The van der Waals surface area contributed by atoms with Gasteiger partial charge in [0, 0.05) is 18.6 Å². The van der Waals surface area contributed by atoms with Gasteiger partial charge in [0.05, 0.1) is 0 Å². The summed E-state index contributed by atoms with van der Waals surface area (Å²) in [6.07, 6.45) is 2.36. The number of halogens is 1. The van der Waals surface area contributed by atoms with Gasteiger partial charge >= 0.3 is 0 Å². The van der Waals surface area contributed by atoms with Crippen LogP contribution in [-0.4, -0.2) is 24.0 Å². The van der Waals surface area contributed by atoms with Gasteiger partial charge in [-0.25, -0.2) is 4.39 Å². The first-order chi connectivity index (χ1) is 8.13. The summed E-state index contributed by atoms with van der Waals surface area (Å²) in [5.41, 5.74) is 7.53. The fourth-order valence-corrected chi connectivity index (χ4v) is 2.68. The van der Waals surface area contributed by atoms with Gasteiger partial charge in [-0.05, 0) is 50.4 Å². The van der Waals surface area contributed by atoms with Gasteiger partial charge in [-0.1, -0.05) is 12.1 Å². The molecule has 0 spiro atoms. The molecule has 2 nitrogen and oxygen atoms in total. The van der Waals surface area contributed by atoms with Crippen molar-refractivity contribution in [2.45, 2.75) is 38.8 Å². The third kappa shape index (κ3) is 2.50. The molecule has 0 bridgehead atoms. The molecule has 17 heavy (non-hydrogen) atoms. The molecule has 0 aromatic heterocycles. The Morgan fingerprint density at radius 2 is 2.29 bits per heavy atom. The summed E-state index contributed by atoms with van der Waals surface area (Å²) >= 11 is 0. The molecule has 1 aromatic carbocycles. The summed E-state index contributed by atoms with van der Waals surface area (Å²) in [5, 5.41) is 0. The van der Waals surface area contributed by atoms with Crippen LogP contribution in [0, 0.1) is 12.7 Å². The average molecular weight is 236 g/mol. The van der Waals surface area contributed by atoms with Crippen molar-refractivity contribution in [1.29, 1.82) is 0 Å². The van der Waals surface area contributed by atoms with Crippen molar-refractivity contribution < 1.29 is 4.39 Å². The van der Waals surface area contributed by atoms with Crippen LogP contribution in [0.15, 0.2) is 18.2 Å². The van der Waals surface area contributed by atoms with Gasteiger partial charge in [0.25, 0.3) is 0 Å². The second kappa shape index (κ2) is 5.15. The van der Waals surface area contributed by atoms with Crippen LogP contribution in [0.5, 0.6) is 0 Å². The molecule has 0 saturated carbocycles. The monoisotopic (exact) mass is 236 g/mol. The predicted octanol–water partition coefficient (Wildman–Crippen LogP) is 2.62. The number of rotatable bonds is 3. The third-order valence-electron chi connectivity index (χ3n) is 3.87. The Morgan fingerprint density at radius 3 is 2.94 bits per heavy atom.